The molecule has 0 amide bonds. The number of rotatable bonds is 0. The first kappa shape index (κ1) is 58.1. The molecular formula is CoFeLiMnNiTi. The smallest absolute Gasteiger partial charge is 0 e. The summed E-state index contributed by atoms with van der Waals surface area (Å²) in [7, 11) is 0. The summed E-state index contributed by atoms with van der Waals surface area (Å²) in [5, 5.41) is 0. The molecule has 0 saturated heterocycles. The van der Waals surface area contributed by atoms with Crippen LogP contribution >= 0.6 is 0 Å². The molecule has 0 spiro atoms. The van der Waals surface area contributed by atoms with Gasteiger partial charge < -0.3 is 0 Å². The van der Waals surface area contributed by atoms with Gasteiger partial charge in [-0.25, -0.2) is 0 Å². The average molecular weight is 283 g/mol. The predicted octanol–water partition coefficient (Wildman–Crippen LogP) is -0.393. The third-order valence-corrected chi connectivity index (χ3v) is 0. The number of hydrogen-bond acceptors (Lipinski definition) is 0. The summed E-state index contributed by atoms with van der Waals surface area (Å²) in [5.74, 6) is 0. The maximum atomic E-state index is 0. The molecule has 0 aromatic rings. The largest absolute Gasteiger partial charge is 0 e. The Hall–Kier alpha value is 3.35. The Morgan fingerprint density at radius 1 is 1.00 bits per heavy atom. The third kappa shape index (κ3) is 26.4. The minimum Gasteiger partial charge on any atom is 0 e. The molecule has 0 atom stereocenters. The molecule has 0 aliphatic heterocycles. The fourth-order valence-electron chi connectivity index (χ4n) is 0. The molecule has 0 N–H and O–H groups in total. The summed E-state index contributed by atoms with van der Waals surface area (Å²) in [5.41, 5.74) is 0. The van der Waals surface area contributed by atoms with E-state index in [9.17, 15) is 0 Å². The maximum absolute atomic E-state index is 0. The van der Waals surface area contributed by atoms with Crippen molar-refractivity contribution in [2.75, 3.05) is 0 Å². The standard InChI is InChI=1S/Co.Fe.Li.Mn.Ni.Ti. The van der Waals surface area contributed by atoms with E-state index in [4.69, 9.17) is 0 Å². The zero-order chi connectivity index (χ0) is 0. The van der Waals surface area contributed by atoms with E-state index >= 15 is 0 Å². The van der Waals surface area contributed by atoms with Gasteiger partial charge in [0, 0.05) is 108 Å². The van der Waals surface area contributed by atoms with Crippen molar-refractivity contribution >= 4 is 18.9 Å². The van der Waals surface area contributed by atoms with Gasteiger partial charge in [-0.05, 0) is 0 Å². The van der Waals surface area contributed by atoms with Crippen LogP contribution in [0.5, 0.6) is 0 Å². The molecule has 0 aromatic heterocycles. The fraction of sp³-hybridized carbons (Fsp3) is 0. The van der Waals surface area contributed by atoms with Crippen LogP contribution in [0.2, 0.25) is 0 Å². The summed E-state index contributed by atoms with van der Waals surface area (Å²) in [6, 6.07) is 0. The summed E-state index contributed by atoms with van der Waals surface area (Å²) in [6.07, 6.45) is 0. The van der Waals surface area contributed by atoms with Crippen LogP contribution in [-0.4, -0.2) is 18.9 Å². The van der Waals surface area contributed by atoms with E-state index in [-0.39, 0.29) is 108 Å². The van der Waals surface area contributed by atoms with Gasteiger partial charge in [0.2, 0.25) is 0 Å². The Labute approximate surface area is 106 Å². The molecule has 0 unspecified atom stereocenters. The minimum absolute atomic E-state index is 0. The van der Waals surface area contributed by atoms with E-state index in [0.717, 1.165) is 0 Å². The van der Waals surface area contributed by atoms with Gasteiger partial charge in [0.05, 0.1) is 0 Å². The summed E-state index contributed by atoms with van der Waals surface area (Å²) < 4.78 is 0. The molecule has 0 heterocycles. The van der Waals surface area contributed by atoms with Crippen molar-refractivity contribution in [2.45, 2.75) is 0 Å². The van der Waals surface area contributed by atoms with Crippen molar-refractivity contribution < 1.29 is 89.1 Å². The van der Waals surface area contributed by atoms with Gasteiger partial charge >= 0.3 is 0 Å². The normalized spacial score (nSPS) is 0. The van der Waals surface area contributed by atoms with Gasteiger partial charge in [-0.1, -0.05) is 0 Å². The van der Waals surface area contributed by atoms with Crippen molar-refractivity contribution in [3.63, 3.8) is 0 Å². The predicted molar refractivity (Wildman–Crippen MR) is 5.75 cm³/mol. The molecule has 6 heavy (non-hydrogen) atoms. The average Bonchev–Trinajstić information content (AvgIpc) is 0. The zero-order valence-electron chi connectivity index (χ0n) is 2.88. The van der Waals surface area contributed by atoms with Crippen molar-refractivity contribution in [3.05, 3.63) is 0 Å². The van der Waals surface area contributed by atoms with Crippen LogP contribution in [0.25, 0.3) is 0 Å². The van der Waals surface area contributed by atoms with E-state index in [2.05, 4.69) is 0 Å². The van der Waals surface area contributed by atoms with Crippen LogP contribution in [0.15, 0.2) is 0 Å². The summed E-state index contributed by atoms with van der Waals surface area (Å²) in [6.45, 7) is 0. The number of hydrogen-bond donors (Lipinski definition) is 0. The molecule has 3 radical (unpaired) electrons. The van der Waals surface area contributed by atoms with Crippen LogP contribution in [0.1, 0.15) is 0 Å². The van der Waals surface area contributed by atoms with E-state index in [1.54, 1.807) is 0 Å². The Morgan fingerprint density at radius 3 is 1.00 bits per heavy atom. The quantitative estimate of drug-likeness (QED) is 0.531. The Bertz CT molecular complexity index is 15.5. The SMILES string of the molecule is [Co].[Fe].[Li].[Mn].[Ni].[Ti]. The monoisotopic (exact) mass is 283 g/mol. The van der Waals surface area contributed by atoms with E-state index in [1.807, 2.05) is 0 Å². The second-order valence-electron chi connectivity index (χ2n) is 0. The molecule has 39 valence electrons. The van der Waals surface area contributed by atoms with Gasteiger partial charge in [0.1, 0.15) is 0 Å². The molecule has 0 bridgehead atoms. The first-order chi connectivity index (χ1) is 0. The van der Waals surface area contributed by atoms with Crippen LogP contribution < -0.4 is 0 Å². The molecular weight excluding hydrogens is 283 g/mol. The molecule has 0 aliphatic carbocycles. The Kier molecular flexibility index (Phi) is 389. The van der Waals surface area contributed by atoms with E-state index < -0.39 is 0 Å². The zero-order valence-corrected chi connectivity index (χ0v) is 8.76. The van der Waals surface area contributed by atoms with Gasteiger partial charge in [0.25, 0.3) is 0 Å². The first-order valence-corrected chi connectivity index (χ1v) is 0. The molecule has 0 rings (SSSR count). The van der Waals surface area contributed by atoms with Crippen molar-refractivity contribution in [2.24, 2.45) is 0 Å². The van der Waals surface area contributed by atoms with Crippen LogP contribution in [-0.2, 0) is 89.1 Å². The molecule has 0 saturated carbocycles. The summed E-state index contributed by atoms with van der Waals surface area (Å²) >= 11 is 0. The van der Waals surface area contributed by atoms with E-state index in [0.29, 0.717) is 0 Å². The Morgan fingerprint density at radius 2 is 1.00 bits per heavy atom. The Balaban J connectivity index is 0. The van der Waals surface area contributed by atoms with Crippen molar-refractivity contribution in [1.82, 2.24) is 0 Å². The maximum Gasteiger partial charge on any atom is 0 e. The van der Waals surface area contributed by atoms with Crippen LogP contribution in [0.4, 0.5) is 0 Å². The molecule has 6 heteroatoms. The summed E-state index contributed by atoms with van der Waals surface area (Å²) in [4.78, 5) is 0. The van der Waals surface area contributed by atoms with Crippen LogP contribution in [0, 0.1) is 0 Å². The second-order valence-corrected chi connectivity index (χ2v) is 0. The van der Waals surface area contributed by atoms with Gasteiger partial charge in [-0.2, -0.15) is 0 Å². The molecule has 0 nitrogen and oxygen atoms in total. The minimum atomic E-state index is 0. The molecule has 0 fully saturated rings. The fourth-order valence-corrected chi connectivity index (χ4v) is 0. The van der Waals surface area contributed by atoms with Gasteiger partial charge in [0.15, 0.2) is 0 Å². The van der Waals surface area contributed by atoms with Crippen LogP contribution in [0.3, 0.4) is 0 Å². The molecule has 0 aliphatic rings. The van der Waals surface area contributed by atoms with E-state index in [1.165, 1.54) is 0 Å². The second kappa shape index (κ2) is 40.2. The topological polar surface area (TPSA) is 0 Å². The van der Waals surface area contributed by atoms with Gasteiger partial charge in [-0.3, -0.25) is 0 Å². The van der Waals surface area contributed by atoms with Crippen molar-refractivity contribution in [3.8, 4) is 0 Å². The van der Waals surface area contributed by atoms with Gasteiger partial charge in [-0.15, -0.1) is 0 Å². The van der Waals surface area contributed by atoms with Crippen molar-refractivity contribution in [1.29, 1.82) is 0 Å². The molecule has 0 aromatic carbocycles. The third-order valence-electron chi connectivity index (χ3n) is 0. The first-order valence-electron chi connectivity index (χ1n) is 0.